The van der Waals surface area contributed by atoms with Crippen molar-refractivity contribution in [2.24, 2.45) is 5.92 Å². The van der Waals surface area contributed by atoms with Gasteiger partial charge in [0.25, 0.3) is 0 Å². The van der Waals surface area contributed by atoms with Gasteiger partial charge in [-0.1, -0.05) is 6.07 Å². The van der Waals surface area contributed by atoms with E-state index in [0.29, 0.717) is 23.3 Å². The first-order valence-electron chi connectivity index (χ1n) is 9.44. The van der Waals surface area contributed by atoms with Gasteiger partial charge in [-0.3, -0.25) is 9.59 Å². The Bertz CT molecular complexity index is 1050. The molecule has 6 nitrogen and oxygen atoms in total. The topological polar surface area (TPSA) is 81.7 Å². The Morgan fingerprint density at radius 3 is 2.57 bits per heavy atom. The minimum atomic E-state index is -0.951. The molecule has 30 heavy (non-hydrogen) atoms. The van der Waals surface area contributed by atoms with Gasteiger partial charge in [0.1, 0.15) is 5.92 Å². The van der Waals surface area contributed by atoms with Gasteiger partial charge in [0.2, 0.25) is 0 Å². The molecule has 0 bridgehead atoms. The van der Waals surface area contributed by atoms with Crippen LogP contribution in [0.2, 0.25) is 0 Å². The third-order valence-corrected chi connectivity index (χ3v) is 7.37. The lowest BCUT2D eigenvalue weighted by molar-refractivity contribution is -0.149. The van der Waals surface area contributed by atoms with Crippen molar-refractivity contribution in [1.82, 2.24) is 5.32 Å². The lowest BCUT2D eigenvalue weighted by atomic mass is 9.68. The molecule has 0 saturated carbocycles. The van der Waals surface area contributed by atoms with Crippen LogP contribution in [0.5, 0.6) is 0 Å². The number of dihydropyridines is 1. The number of carbonyl (C=O) groups is 3. The first-order chi connectivity index (χ1) is 14.5. The van der Waals surface area contributed by atoms with Crippen LogP contribution in [-0.4, -0.2) is 31.9 Å². The summed E-state index contributed by atoms with van der Waals surface area (Å²) in [4.78, 5) is 40.1. The third kappa shape index (κ3) is 3.30. The standard InChI is InChI=1S/C22H21NO5S2/c1-11-16(21(25)27-2)17(12-6-8-29-10-12)19-14(23-11)9-13(15-5-4-7-30-15)18(20(19)24)22(26)28-3/h4-8,10,13,17-18,23H,9H2,1-3H3. The van der Waals surface area contributed by atoms with E-state index in [2.05, 4.69) is 5.32 Å². The second-order valence-corrected chi connectivity index (χ2v) is 8.99. The molecule has 3 unspecified atom stereocenters. The molecule has 1 N–H and O–H groups in total. The van der Waals surface area contributed by atoms with Crippen LogP contribution in [0, 0.1) is 5.92 Å². The maximum Gasteiger partial charge on any atom is 0.336 e. The second-order valence-electron chi connectivity index (χ2n) is 7.23. The molecule has 2 aromatic heterocycles. The number of ether oxygens (including phenoxy) is 2. The summed E-state index contributed by atoms with van der Waals surface area (Å²) in [5.74, 6) is -3.20. The maximum atomic E-state index is 13.8. The van der Waals surface area contributed by atoms with Crippen LogP contribution in [0.1, 0.15) is 35.6 Å². The summed E-state index contributed by atoms with van der Waals surface area (Å²) in [6, 6.07) is 5.74. The highest BCUT2D eigenvalue weighted by Crippen LogP contribution is 2.48. The van der Waals surface area contributed by atoms with Gasteiger partial charge < -0.3 is 14.8 Å². The number of rotatable bonds is 4. The molecule has 3 heterocycles. The molecular weight excluding hydrogens is 422 g/mol. The Labute approximate surface area is 182 Å². The average molecular weight is 444 g/mol. The van der Waals surface area contributed by atoms with Crippen LogP contribution < -0.4 is 5.32 Å². The van der Waals surface area contributed by atoms with Crippen molar-refractivity contribution in [1.29, 1.82) is 0 Å². The number of nitrogens with one attached hydrogen (secondary N) is 1. The number of carbonyl (C=O) groups excluding carboxylic acids is 3. The Balaban J connectivity index is 1.88. The summed E-state index contributed by atoms with van der Waals surface area (Å²) >= 11 is 3.00. The zero-order chi connectivity index (χ0) is 21.4. The summed E-state index contributed by atoms with van der Waals surface area (Å²) in [5, 5.41) is 9.02. The van der Waals surface area contributed by atoms with Gasteiger partial charge in [0.05, 0.1) is 19.8 Å². The van der Waals surface area contributed by atoms with Gasteiger partial charge in [-0.15, -0.1) is 11.3 Å². The number of esters is 2. The van der Waals surface area contributed by atoms with E-state index in [9.17, 15) is 14.4 Å². The molecule has 8 heteroatoms. The summed E-state index contributed by atoms with van der Waals surface area (Å²) in [5.41, 5.74) is 3.08. The minimum absolute atomic E-state index is 0.306. The largest absolute Gasteiger partial charge is 0.468 e. The van der Waals surface area contributed by atoms with E-state index in [1.807, 2.05) is 41.3 Å². The zero-order valence-electron chi connectivity index (χ0n) is 16.8. The van der Waals surface area contributed by atoms with Crippen molar-refractivity contribution in [2.45, 2.75) is 25.2 Å². The highest BCUT2D eigenvalue weighted by molar-refractivity contribution is 7.10. The zero-order valence-corrected chi connectivity index (χ0v) is 18.4. The maximum absolute atomic E-state index is 13.8. The fourth-order valence-electron chi connectivity index (χ4n) is 4.35. The molecule has 2 aliphatic rings. The molecule has 1 aliphatic carbocycles. The summed E-state index contributed by atoms with van der Waals surface area (Å²) in [7, 11) is 2.62. The molecule has 0 fully saturated rings. The molecule has 0 radical (unpaired) electrons. The molecular formula is C22H21NO5S2. The molecule has 4 rings (SSSR count). The normalized spacial score (nSPS) is 23.7. The molecule has 1 aliphatic heterocycles. The van der Waals surface area contributed by atoms with Gasteiger partial charge in [-0.25, -0.2) is 4.79 Å². The average Bonchev–Trinajstić information content (AvgIpc) is 3.45. The lowest BCUT2D eigenvalue weighted by Gasteiger charge is -2.38. The number of methoxy groups -OCH3 is 2. The van der Waals surface area contributed by atoms with Crippen LogP contribution in [0.4, 0.5) is 0 Å². The number of ketones is 1. The SMILES string of the molecule is COC(=O)C1=C(C)NC2=C(C(=O)C(C(=O)OC)C(c3cccs3)C2)C1c1ccsc1. The van der Waals surface area contributed by atoms with Gasteiger partial charge >= 0.3 is 11.9 Å². The number of hydrogen-bond donors (Lipinski definition) is 1. The fraction of sp³-hybridized carbons (Fsp3) is 0.318. The predicted octanol–water partition coefficient (Wildman–Crippen LogP) is 3.74. The molecule has 3 atom stereocenters. The van der Waals surface area contributed by atoms with Crippen molar-refractivity contribution < 1.29 is 23.9 Å². The van der Waals surface area contributed by atoms with E-state index in [-0.39, 0.29) is 11.7 Å². The monoisotopic (exact) mass is 443 g/mol. The van der Waals surface area contributed by atoms with Gasteiger partial charge in [-0.05, 0) is 47.2 Å². The lowest BCUT2D eigenvalue weighted by Crippen LogP contribution is -2.43. The van der Waals surface area contributed by atoms with E-state index in [1.54, 1.807) is 0 Å². The van der Waals surface area contributed by atoms with E-state index in [4.69, 9.17) is 9.47 Å². The Kier molecular flexibility index (Phi) is 5.62. The smallest absolute Gasteiger partial charge is 0.336 e. The first-order valence-corrected chi connectivity index (χ1v) is 11.3. The highest BCUT2D eigenvalue weighted by Gasteiger charge is 2.49. The van der Waals surface area contributed by atoms with Crippen molar-refractivity contribution in [3.8, 4) is 0 Å². The second kappa shape index (κ2) is 8.20. The van der Waals surface area contributed by atoms with Gasteiger partial charge in [0.15, 0.2) is 5.78 Å². The van der Waals surface area contributed by atoms with Crippen molar-refractivity contribution >= 4 is 40.4 Å². The quantitative estimate of drug-likeness (QED) is 0.573. The van der Waals surface area contributed by atoms with Crippen molar-refractivity contribution in [3.05, 3.63) is 67.3 Å². The van der Waals surface area contributed by atoms with Gasteiger partial charge in [-0.2, -0.15) is 11.3 Å². The number of hydrogen-bond acceptors (Lipinski definition) is 8. The van der Waals surface area contributed by atoms with E-state index >= 15 is 0 Å². The van der Waals surface area contributed by atoms with E-state index in [0.717, 1.165) is 16.1 Å². The molecule has 0 amide bonds. The first kappa shape index (κ1) is 20.6. The highest BCUT2D eigenvalue weighted by atomic mass is 32.1. The minimum Gasteiger partial charge on any atom is -0.468 e. The van der Waals surface area contributed by atoms with Crippen molar-refractivity contribution in [3.63, 3.8) is 0 Å². The van der Waals surface area contributed by atoms with Crippen LogP contribution >= 0.6 is 22.7 Å². The molecule has 2 aromatic rings. The fourth-order valence-corrected chi connectivity index (χ4v) is 5.91. The molecule has 0 aromatic carbocycles. The third-order valence-electron chi connectivity index (χ3n) is 5.66. The van der Waals surface area contributed by atoms with E-state index in [1.165, 1.54) is 36.9 Å². The summed E-state index contributed by atoms with van der Waals surface area (Å²) in [6.07, 6.45) is 0.480. The Morgan fingerprint density at radius 1 is 1.17 bits per heavy atom. The Morgan fingerprint density at radius 2 is 1.97 bits per heavy atom. The van der Waals surface area contributed by atoms with Gasteiger partial charge in [0, 0.05) is 33.7 Å². The summed E-state index contributed by atoms with van der Waals surface area (Å²) < 4.78 is 10.0. The molecule has 156 valence electrons. The number of Topliss-reactive ketones (excluding diaryl/α,β-unsaturated/α-hetero) is 1. The summed E-state index contributed by atoms with van der Waals surface area (Å²) in [6.45, 7) is 1.81. The van der Waals surface area contributed by atoms with Crippen LogP contribution in [0.25, 0.3) is 0 Å². The van der Waals surface area contributed by atoms with Crippen LogP contribution in [-0.2, 0) is 23.9 Å². The van der Waals surface area contributed by atoms with Crippen LogP contribution in [0.15, 0.2) is 56.9 Å². The predicted molar refractivity (Wildman–Crippen MR) is 114 cm³/mol. The molecule has 0 saturated heterocycles. The Hall–Kier alpha value is -2.71. The van der Waals surface area contributed by atoms with E-state index < -0.39 is 23.8 Å². The molecule has 0 spiro atoms. The number of allylic oxidation sites excluding steroid dienone is 3. The number of thiophene rings is 2. The van der Waals surface area contributed by atoms with Crippen molar-refractivity contribution in [2.75, 3.05) is 14.2 Å². The van der Waals surface area contributed by atoms with Crippen LogP contribution in [0.3, 0.4) is 0 Å².